The van der Waals surface area contributed by atoms with Crippen LogP contribution in [0.4, 0.5) is 0 Å². The van der Waals surface area contributed by atoms with Crippen molar-refractivity contribution in [3.63, 3.8) is 0 Å². The summed E-state index contributed by atoms with van der Waals surface area (Å²) in [5.74, 6) is 0. The molecule has 0 rings (SSSR count). The van der Waals surface area contributed by atoms with E-state index in [2.05, 4.69) is 11.8 Å². The Hall–Kier alpha value is -0.120. The first-order valence-corrected chi connectivity index (χ1v) is 4.26. The summed E-state index contributed by atoms with van der Waals surface area (Å²) in [5.41, 5.74) is 0. The molecule has 0 amide bonds. The zero-order chi connectivity index (χ0) is 8.53. The van der Waals surface area contributed by atoms with Crippen molar-refractivity contribution in [3.05, 3.63) is 0 Å². The fourth-order valence-corrected chi connectivity index (χ4v) is 0.907. The minimum absolute atomic E-state index is 0.236. The zero-order valence-electron chi connectivity index (χ0n) is 7.55. The molecule has 0 aromatic rings. The Morgan fingerprint density at radius 2 is 2.00 bits per heavy atom. The van der Waals surface area contributed by atoms with E-state index < -0.39 is 0 Å². The fraction of sp³-hybridized carbons (Fsp3) is 1.00. The molecule has 3 nitrogen and oxygen atoms in total. The van der Waals surface area contributed by atoms with E-state index in [1.807, 2.05) is 6.92 Å². The van der Waals surface area contributed by atoms with E-state index in [1.165, 1.54) is 0 Å². The molecule has 68 valence electrons. The molecule has 0 unspecified atom stereocenters. The molecule has 0 aliphatic carbocycles. The quantitative estimate of drug-likeness (QED) is 0.546. The molecule has 11 heavy (non-hydrogen) atoms. The third-order valence-corrected chi connectivity index (χ3v) is 1.62. The molecule has 0 aromatic heterocycles. The van der Waals surface area contributed by atoms with Crippen molar-refractivity contribution in [2.75, 3.05) is 39.5 Å². The van der Waals surface area contributed by atoms with Gasteiger partial charge in [0.05, 0.1) is 13.2 Å². The molecule has 0 atom stereocenters. The van der Waals surface area contributed by atoms with E-state index >= 15 is 0 Å². The number of hydrogen-bond donors (Lipinski definition) is 1. The van der Waals surface area contributed by atoms with E-state index in [-0.39, 0.29) is 6.61 Å². The van der Waals surface area contributed by atoms with Crippen LogP contribution in [-0.2, 0) is 4.74 Å². The molecule has 0 bridgehead atoms. The van der Waals surface area contributed by atoms with Crippen LogP contribution in [0.5, 0.6) is 0 Å². The molecule has 0 aliphatic rings. The first kappa shape index (κ1) is 10.9. The maximum absolute atomic E-state index is 8.64. The van der Waals surface area contributed by atoms with Crippen molar-refractivity contribution in [1.29, 1.82) is 0 Å². The minimum Gasteiger partial charge on any atom is -0.395 e. The van der Waals surface area contributed by atoms with Crippen molar-refractivity contribution in [3.8, 4) is 0 Å². The Kier molecular flexibility index (Phi) is 7.89. The standard InChI is InChI=1S/C8H19NO2/c1-3-9(5-7-10)6-8-11-4-2/h10H,3-8H2,1-2H3. The average molecular weight is 161 g/mol. The maximum atomic E-state index is 8.64. The monoisotopic (exact) mass is 161 g/mol. The number of rotatable bonds is 7. The first-order valence-electron chi connectivity index (χ1n) is 4.26. The second-order valence-electron chi connectivity index (χ2n) is 2.35. The van der Waals surface area contributed by atoms with Crippen molar-refractivity contribution >= 4 is 0 Å². The summed E-state index contributed by atoms with van der Waals surface area (Å²) in [7, 11) is 0. The van der Waals surface area contributed by atoms with E-state index in [9.17, 15) is 0 Å². The van der Waals surface area contributed by atoms with Crippen LogP contribution in [0.25, 0.3) is 0 Å². The molecule has 0 spiro atoms. The molecular weight excluding hydrogens is 142 g/mol. The predicted octanol–water partition coefficient (Wildman–Crippen LogP) is 0.337. The van der Waals surface area contributed by atoms with Crippen molar-refractivity contribution in [1.82, 2.24) is 4.90 Å². The van der Waals surface area contributed by atoms with Crippen molar-refractivity contribution < 1.29 is 9.84 Å². The lowest BCUT2D eigenvalue weighted by atomic mass is 10.5. The van der Waals surface area contributed by atoms with Crippen LogP contribution in [-0.4, -0.2) is 49.5 Å². The number of aliphatic hydroxyl groups is 1. The lowest BCUT2D eigenvalue weighted by Crippen LogP contribution is -2.30. The van der Waals surface area contributed by atoms with E-state index in [0.29, 0.717) is 0 Å². The first-order chi connectivity index (χ1) is 5.35. The maximum Gasteiger partial charge on any atom is 0.0593 e. The lowest BCUT2D eigenvalue weighted by Gasteiger charge is -2.18. The van der Waals surface area contributed by atoms with Crippen LogP contribution in [0.15, 0.2) is 0 Å². The Bertz CT molecular complexity index is 78.5. The van der Waals surface area contributed by atoms with Gasteiger partial charge in [0.2, 0.25) is 0 Å². The van der Waals surface area contributed by atoms with Gasteiger partial charge in [-0.1, -0.05) is 6.92 Å². The van der Waals surface area contributed by atoms with Gasteiger partial charge in [0.25, 0.3) is 0 Å². The number of aliphatic hydroxyl groups excluding tert-OH is 1. The Labute approximate surface area is 69.0 Å². The number of ether oxygens (including phenoxy) is 1. The highest BCUT2D eigenvalue weighted by Gasteiger charge is 1.98. The van der Waals surface area contributed by atoms with Crippen molar-refractivity contribution in [2.24, 2.45) is 0 Å². The molecule has 1 N–H and O–H groups in total. The predicted molar refractivity (Wildman–Crippen MR) is 45.7 cm³/mol. The summed E-state index contributed by atoms with van der Waals surface area (Å²) in [6, 6.07) is 0. The van der Waals surface area contributed by atoms with Gasteiger partial charge in [-0.3, -0.25) is 4.90 Å². The number of likely N-dealkylation sites (N-methyl/N-ethyl adjacent to an activating group) is 1. The zero-order valence-corrected chi connectivity index (χ0v) is 7.55. The second-order valence-corrected chi connectivity index (χ2v) is 2.35. The molecule has 0 saturated heterocycles. The topological polar surface area (TPSA) is 32.7 Å². The Balaban J connectivity index is 3.20. The van der Waals surface area contributed by atoms with Gasteiger partial charge in [0, 0.05) is 19.7 Å². The average Bonchev–Trinajstić information content (AvgIpc) is 2.03. The van der Waals surface area contributed by atoms with Gasteiger partial charge in [0.1, 0.15) is 0 Å². The van der Waals surface area contributed by atoms with Gasteiger partial charge in [-0.15, -0.1) is 0 Å². The highest BCUT2D eigenvalue weighted by molar-refractivity contribution is 4.52. The highest BCUT2D eigenvalue weighted by atomic mass is 16.5. The van der Waals surface area contributed by atoms with Gasteiger partial charge in [-0.05, 0) is 13.5 Å². The third kappa shape index (κ3) is 6.28. The molecule has 0 radical (unpaired) electrons. The van der Waals surface area contributed by atoms with E-state index in [4.69, 9.17) is 9.84 Å². The molecule has 3 heteroatoms. The molecular formula is C8H19NO2. The summed E-state index contributed by atoms with van der Waals surface area (Å²) in [6.45, 7) is 8.51. The largest absolute Gasteiger partial charge is 0.395 e. The Morgan fingerprint density at radius 3 is 2.45 bits per heavy atom. The molecule has 0 aromatic carbocycles. The number of nitrogens with zero attached hydrogens (tertiary/aromatic N) is 1. The SMILES string of the molecule is CCOCCN(CC)CCO. The molecule has 0 aliphatic heterocycles. The normalized spacial score (nSPS) is 10.9. The van der Waals surface area contributed by atoms with Crippen LogP contribution in [0, 0.1) is 0 Å². The summed E-state index contributed by atoms with van der Waals surface area (Å²) in [4.78, 5) is 2.16. The van der Waals surface area contributed by atoms with Crippen LogP contribution in [0.3, 0.4) is 0 Å². The van der Waals surface area contributed by atoms with Crippen LogP contribution in [0.1, 0.15) is 13.8 Å². The van der Waals surface area contributed by atoms with Crippen LogP contribution >= 0.6 is 0 Å². The second kappa shape index (κ2) is 7.98. The lowest BCUT2D eigenvalue weighted by molar-refractivity contribution is 0.106. The summed E-state index contributed by atoms with van der Waals surface area (Å²) in [6.07, 6.45) is 0. The summed E-state index contributed by atoms with van der Waals surface area (Å²) < 4.78 is 5.19. The van der Waals surface area contributed by atoms with Gasteiger partial charge < -0.3 is 9.84 Å². The Morgan fingerprint density at radius 1 is 1.27 bits per heavy atom. The number of hydrogen-bond acceptors (Lipinski definition) is 3. The smallest absolute Gasteiger partial charge is 0.0593 e. The van der Waals surface area contributed by atoms with Gasteiger partial charge in [0.15, 0.2) is 0 Å². The van der Waals surface area contributed by atoms with Gasteiger partial charge in [-0.25, -0.2) is 0 Å². The van der Waals surface area contributed by atoms with Crippen molar-refractivity contribution in [2.45, 2.75) is 13.8 Å². The fourth-order valence-electron chi connectivity index (χ4n) is 0.907. The van der Waals surface area contributed by atoms with Crippen LogP contribution < -0.4 is 0 Å². The minimum atomic E-state index is 0.236. The molecule has 0 saturated carbocycles. The summed E-state index contributed by atoms with van der Waals surface area (Å²) >= 11 is 0. The molecule has 0 fully saturated rings. The highest BCUT2D eigenvalue weighted by Crippen LogP contribution is 1.86. The molecule has 0 heterocycles. The third-order valence-electron chi connectivity index (χ3n) is 1.62. The van der Waals surface area contributed by atoms with E-state index in [1.54, 1.807) is 0 Å². The van der Waals surface area contributed by atoms with Gasteiger partial charge >= 0.3 is 0 Å². The van der Waals surface area contributed by atoms with E-state index in [0.717, 1.165) is 32.8 Å². The van der Waals surface area contributed by atoms with Gasteiger partial charge in [-0.2, -0.15) is 0 Å². The van der Waals surface area contributed by atoms with Crippen LogP contribution in [0.2, 0.25) is 0 Å². The summed E-state index contributed by atoms with van der Waals surface area (Å²) in [5, 5.41) is 8.64.